The first kappa shape index (κ1) is 12.6. The van der Waals surface area contributed by atoms with Gasteiger partial charge in [0.25, 0.3) is 0 Å². The van der Waals surface area contributed by atoms with E-state index in [1.807, 2.05) is 44.4 Å². The van der Waals surface area contributed by atoms with E-state index in [0.29, 0.717) is 13.0 Å². The highest BCUT2D eigenvalue weighted by molar-refractivity contribution is 5.35. The lowest BCUT2D eigenvalue weighted by Gasteiger charge is -2.14. The predicted octanol–water partition coefficient (Wildman–Crippen LogP) is 2.44. The zero-order valence-corrected chi connectivity index (χ0v) is 10.7. The number of ether oxygens (including phenoxy) is 1. The van der Waals surface area contributed by atoms with E-state index >= 15 is 0 Å². The van der Waals surface area contributed by atoms with Gasteiger partial charge >= 0.3 is 0 Å². The Morgan fingerprint density at radius 1 is 1.39 bits per heavy atom. The Morgan fingerprint density at radius 2 is 2.17 bits per heavy atom. The largest absolute Gasteiger partial charge is 0.488 e. The molecule has 0 aliphatic carbocycles. The van der Waals surface area contributed by atoms with Crippen LogP contribution in [-0.4, -0.2) is 14.9 Å². The Hall–Kier alpha value is -1.81. The van der Waals surface area contributed by atoms with E-state index in [9.17, 15) is 5.11 Å². The van der Waals surface area contributed by atoms with Gasteiger partial charge in [0.15, 0.2) is 0 Å². The molecule has 1 aromatic carbocycles. The van der Waals surface area contributed by atoms with E-state index in [2.05, 4.69) is 5.10 Å². The molecule has 2 rings (SSSR count). The van der Waals surface area contributed by atoms with Crippen LogP contribution in [-0.2, 0) is 13.7 Å². The maximum Gasteiger partial charge on any atom is 0.125 e. The van der Waals surface area contributed by atoms with Gasteiger partial charge in [-0.1, -0.05) is 25.1 Å². The van der Waals surface area contributed by atoms with E-state index in [1.165, 1.54) is 0 Å². The minimum Gasteiger partial charge on any atom is -0.488 e. The maximum atomic E-state index is 9.91. The molecule has 0 aliphatic heterocycles. The van der Waals surface area contributed by atoms with Crippen molar-refractivity contribution in [3.05, 3.63) is 47.8 Å². The van der Waals surface area contributed by atoms with Crippen LogP contribution in [0.5, 0.6) is 5.75 Å². The number of rotatable bonds is 5. The highest BCUT2D eigenvalue weighted by atomic mass is 16.5. The predicted molar refractivity (Wildman–Crippen MR) is 69.2 cm³/mol. The van der Waals surface area contributed by atoms with Crippen molar-refractivity contribution in [2.45, 2.75) is 26.1 Å². The number of aromatic nitrogens is 2. The normalized spacial score (nSPS) is 12.4. The molecule has 1 unspecified atom stereocenters. The number of aryl methyl sites for hydroxylation is 1. The van der Waals surface area contributed by atoms with Crippen molar-refractivity contribution >= 4 is 0 Å². The summed E-state index contributed by atoms with van der Waals surface area (Å²) in [5.74, 6) is 0.732. The lowest BCUT2D eigenvalue weighted by molar-refractivity contribution is 0.166. The monoisotopic (exact) mass is 246 g/mol. The Morgan fingerprint density at radius 3 is 2.83 bits per heavy atom. The van der Waals surface area contributed by atoms with Gasteiger partial charge in [0, 0.05) is 24.4 Å². The molecule has 0 amide bonds. The zero-order chi connectivity index (χ0) is 13.0. The topological polar surface area (TPSA) is 47.3 Å². The van der Waals surface area contributed by atoms with Gasteiger partial charge in [-0.2, -0.15) is 5.10 Å². The Kier molecular flexibility index (Phi) is 3.99. The molecular weight excluding hydrogens is 228 g/mol. The molecule has 96 valence electrons. The van der Waals surface area contributed by atoms with Crippen LogP contribution in [0.15, 0.2) is 36.7 Å². The first-order valence-corrected chi connectivity index (χ1v) is 6.08. The van der Waals surface area contributed by atoms with Crippen molar-refractivity contribution in [1.29, 1.82) is 0 Å². The number of hydrogen-bond acceptors (Lipinski definition) is 3. The fourth-order valence-corrected chi connectivity index (χ4v) is 1.81. The molecule has 1 heterocycles. The molecule has 0 aliphatic rings. The molecule has 4 nitrogen and oxygen atoms in total. The number of nitrogens with zero attached hydrogens (tertiary/aromatic N) is 2. The first-order valence-electron chi connectivity index (χ1n) is 6.08. The molecule has 18 heavy (non-hydrogen) atoms. The average molecular weight is 246 g/mol. The third kappa shape index (κ3) is 2.90. The number of benzene rings is 1. The van der Waals surface area contributed by atoms with Crippen molar-refractivity contribution in [3.63, 3.8) is 0 Å². The van der Waals surface area contributed by atoms with Gasteiger partial charge in [-0.15, -0.1) is 0 Å². The van der Waals surface area contributed by atoms with Crippen LogP contribution in [0.25, 0.3) is 0 Å². The summed E-state index contributed by atoms with van der Waals surface area (Å²) in [7, 11) is 1.87. The molecule has 0 saturated heterocycles. The van der Waals surface area contributed by atoms with E-state index in [1.54, 1.807) is 10.9 Å². The molecule has 1 N–H and O–H groups in total. The summed E-state index contributed by atoms with van der Waals surface area (Å²) < 4.78 is 7.49. The highest BCUT2D eigenvalue weighted by Gasteiger charge is 2.11. The highest BCUT2D eigenvalue weighted by Crippen LogP contribution is 2.27. The second-order valence-electron chi connectivity index (χ2n) is 4.27. The molecule has 1 atom stereocenters. The molecule has 0 fully saturated rings. The SMILES string of the molecule is CCC(O)c1ccccc1OCc1cnn(C)c1. The number of aliphatic hydroxyl groups excluding tert-OH is 1. The minimum atomic E-state index is -0.477. The Labute approximate surface area is 107 Å². The van der Waals surface area contributed by atoms with Crippen molar-refractivity contribution in [2.75, 3.05) is 0 Å². The summed E-state index contributed by atoms with van der Waals surface area (Å²) in [5.41, 5.74) is 1.85. The molecule has 0 radical (unpaired) electrons. The smallest absolute Gasteiger partial charge is 0.125 e. The molecule has 0 spiro atoms. The van der Waals surface area contributed by atoms with Crippen molar-refractivity contribution in [2.24, 2.45) is 7.05 Å². The van der Waals surface area contributed by atoms with Crippen molar-refractivity contribution < 1.29 is 9.84 Å². The molecule has 2 aromatic rings. The van der Waals surface area contributed by atoms with Gasteiger partial charge < -0.3 is 9.84 Å². The van der Waals surface area contributed by atoms with Crippen LogP contribution in [0.4, 0.5) is 0 Å². The maximum absolute atomic E-state index is 9.91. The fourth-order valence-electron chi connectivity index (χ4n) is 1.81. The molecule has 4 heteroatoms. The lowest BCUT2D eigenvalue weighted by Crippen LogP contribution is -2.01. The van der Waals surface area contributed by atoms with Gasteiger partial charge in [-0.3, -0.25) is 4.68 Å². The van der Waals surface area contributed by atoms with Gasteiger partial charge in [0.05, 0.1) is 12.3 Å². The average Bonchev–Trinajstić information content (AvgIpc) is 2.81. The van der Waals surface area contributed by atoms with Gasteiger partial charge in [0.1, 0.15) is 12.4 Å². The Balaban J connectivity index is 2.09. The summed E-state index contributed by atoms with van der Waals surface area (Å²) in [6, 6.07) is 7.59. The quantitative estimate of drug-likeness (QED) is 0.881. The second kappa shape index (κ2) is 5.69. The lowest BCUT2D eigenvalue weighted by atomic mass is 10.1. The van der Waals surface area contributed by atoms with E-state index in [-0.39, 0.29) is 0 Å². The minimum absolute atomic E-state index is 0.460. The summed E-state index contributed by atoms with van der Waals surface area (Å²) in [4.78, 5) is 0. The third-order valence-corrected chi connectivity index (χ3v) is 2.82. The van der Waals surface area contributed by atoms with Crippen LogP contribution in [0, 0.1) is 0 Å². The zero-order valence-electron chi connectivity index (χ0n) is 10.7. The number of hydrogen-bond donors (Lipinski definition) is 1. The van der Waals surface area contributed by atoms with Crippen LogP contribution in [0.2, 0.25) is 0 Å². The molecule has 0 bridgehead atoms. The van der Waals surface area contributed by atoms with Gasteiger partial charge in [-0.25, -0.2) is 0 Å². The summed E-state index contributed by atoms with van der Waals surface area (Å²) in [6.07, 6.45) is 3.89. The van der Waals surface area contributed by atoms with Crippen LogP contribution >= 0.6 is 0 Å². The van der Waals surface area contributed by atoms with Crippen LogP contribution in [0.3, 0.4) is 0 Å². The van der Waals surface area contributed by atoms with E-state index in [0.717, 1.165) is 16.9 Å². The summed E-state index contributed by atoms with van der Waals surface area (Å²) in [6.45, 7) is 2.41. The van der Waals surface area contributed by atoms with Gasteiger partial charge in [-0.05, 0) is 12.5 Å². The standard InChI is InChI=1S/C14H18N2O2/c1-3-13(17)12-6-4-5-7-14(12)18-10-11-8-15-16(2)9-11/h4-9,13,17H,3,10H2,1-2H3. The number of aliphatic hydroxyl groups is 1. The second-order valence-corrected chi connectivity index (χ2v) is 4.27. The first-order chi connectivity index (χ1) is 8.70. The van der Waals surface area contributed by atoms with Gasteiger partial charge in [0.2, 0.25) is 0 Å². The summed E-state index contributed by atoms with van der Waals surface area (Å²) in [5, 5.41) is 14.0. The van der Waals surface area contributed by atoms with E-state index in [4.69, 9.17) is 4.74 Å². The third-order valence-electron chi connectivity index (χ3n) is 2.82. The summed E-state index contributed by atoms with van der Waals surface area (Å²) >= 11 is 0. The Bertz CT molecular complexity index is 508. The van der Waals surface area contributed by atoms with Crippen LogP contribution in [0.1, 0.15) is 30.6 Å². The molecular formula is C14H18N2O2. The van der Waals surface area contributed by atoms with E-state index < -0.39 is 6.10 Å². The molecule has 0 saturated carbocycles. The van der Waals surface area contributed by atoms with Crippen LogP contribution < -0.4 is 4.74 Å². The van der Waals surface area contributed by atoms with Crippen molar-refractivity contribution in [3.8, 4) is 5.75 Å². The van der Waals surface area contributed by atoms with Crippen molar-refractivity contribution in [1.82, 2.24) is 9.78 Å². The molecule has 1 aromatic heterocycles. The number of para-hydroxylation sites is 1. The fraction of sp³-hybridized carbons (Fsp3) is 0.357.